The molecule has 1 saturated carbocycles. The van der Waals surface area contributed by atoms with Crippen molar-refractivity contribution in [3.05, 3.63) is 65.8 Å². The molecule has 0 aromatic heterocycles. The van der Waals surface area contributed by atoms with Crippen molar-refractivity contribution in [2.45, 2.75) is 120 Å². The molecule has 8 heteroatoms. The van der Waals surface area contributed by atoms with E-state index in [1.165, 1.54) is 5.57 Å². The zero-order valence-corrected chi connectivity index (χ0v) is 28.9. The van der Waals surface area contributed by atoms with Crippen LogP contribution in [-0.4, -0.2) is 74.2 Å². The van der Waals surface area contributed by atoms with Crippen molar-refractivity contribution in [1.29, 1.82) is 0 Å². The zero-order valence-electron chi connectivity index (χ0n) is 27.2. The number of hydrogen-bond donors (Lipinski definition) is 1. The Hall–Kier alpha value is -2.06. The maximum atomic E-state index is 14.4. The minimum atomic E-state index is -1.77. The Morgan fingerprint density at radius 3 is 2.56 bits per heavy atom. The Morgan fingerprint density at radius 2 is 1.80 bits per heavy atom. The van der Waals surface area contributed by atoms with Crippen LogP contribution in [0.3, 0.4) is 0 Å². The zero-order chi connectivity index (χ0) is 32.0. The van der Waals surface area contributed by atoms with Gasteiger partial charge >= 0.3 is 275 Å². The second-order valence-electron chi connectivity index (χ2n) is 14.3. The van der Waals surface area contributed by atoms with E-state index in [2.05, 4.69) is 39.8 Å². The van der Waals surface area contributed by atoms with E-state index < -0.39 is 39.8 Å². The SMILES string of the molecule is C/C1=C\C[C@@H]2C[C@@H](C[C@]3(CC[C@H](C)[C@@H](C)O3)O2)OC(=O)[C@@H]2C[C@@](C)([Se]c3ccccc3)C(=O)[C@H]3OC/C(=C\C=C\[C@H](C)C1)[C@]32O. The summed E-state index contributed by atoms with van der Waals surface area (Å²) < 4.78 is 26.0. The summed E-state index contributed by atoms with van der Waals surface area (Å²) in [7, 11) is 0. The van der Waals surface area contributed by atoms with Crippen LogP contribution in [-0.2, 0) is 28.5 Å². The molecule has 0 radical (unpaired) electrons. The molecule has 1 N–H and O–H groups in total. The van der Waals surface area contributed by atoms with Crippen molar-refractivity contribution in [2.24, 2.45) is 17.8 Å². The Morgan fingerprint density at radius 1 is 1.02 bits per heavy atom. The van der Waals surface area contributed by atoms with Crippen molar-refractivity contribution in [2.75, 3.05) is 6.61 Å². The summed E-state index contributed by atoms with van der Waals surface area (Å²) >= 11 is -0.284. The van der Waals surface area contributed by atoms with Crippen LogP contribution < -0.4 is 4.46 Å². The van der Waals surface area contributed by atoms with Gasteiger partial charge in [-0.1, -0.05) is 0 Å². The van der Waals surface area contributed by atoms with Gasteiger partial charge in [-0.25, -0.2) is 0 Å². The summed E-state index contributed by atoms with van der Waals surface area (Å²) in [6.45, 7) is 10.6. The first-order valence-electron chi connectivity index (χ1n) is 16.6. The van der Waals surface area contributed by atoms with E-state index in [-0.39, 0.29) is 51.9 Å². The van der Waals surface area contributed by atoms with Crippen molar-refractivity contribution >= 4 is 31.2 Å². The molecule has 4 fully saturated rings. The Labute approximate surface area is 273 Å². The molecule has 45 heavy (non-hydrogen) atoms. The molecule has 10 atom stereocenters. The number of ketones is 1. The van der Waals surface area contributed by atoms with Crippen LogP contribution >= 0.6 is 0 Å². The fourth-order valence-corrected chi connectivity index (χ4v) is 10.5. The van der Waals surface area contributed by atoms with Gasteiger partial charge in [0.2, 0.25) is 0 Å². The second-order valence-corrected chi connectivity index (χ2v) is 17.6. The average Bonchev–Trinajstić information content (AvgIpc) is 3.33. The Balaban J connectivity index is 1.37. The molecule has 7 nitrogen and oxygen atoms in total. The maximum absolute atomic E-state index is 14.4. The predicted molar refractivity (Wildman–Crippen MR) is 173 cm³/mol. The quantitative estimate of drug-likeness (QED) is 0.254. The molecule has 4 aliphatic heterocycles. The molecule has 1 aliphatic carbocycles. The van der Waals surface area contributed by atoms with Crippen LogP contribution in [0.4, 0.5) is 0 Å². The van der Waals surface area contributed by atoms with E-state index >= 15 is 0 Å². The van der Waals surface area contributed by atoms with Gasteiger partial charge in [0.25, 0.3) is 0 Å². The van der Waals surface area contributed by atoms with Crippen LogP contribution in [0.2, 0.25) is 4.31 Å². The number of hydrogen-bond acceptors (Lipinski definition) is 7. The second kappa shape index (κ2) is 12.9. The van der Waals surface area contributed by atoms with Gasteiger partial charge in [0.15, 0.2) is 0 Å². The molecule has 1 aromatic rings. The number of carbonyl (C=O) groups is 2. The van der Waals surface area contributed by atoms with Gasteiger partial charge in [-0.05, 0) is 0 Å². The topological polar surface area (TPSA) is 91.3 Å². The van der Waals surface area contributed by atoms with E-state index in [1.54, 1.807) is 0 Å². The number of esters is 1. The first kappa shape index (κ1) is 32.9. The van der Waals surface area contributed by atoms with Gasteiger partial charge in [-0.3, -0.25) is 0 Å². The molecule has 0 amide bonds. The van der Waals surface area contributed by atoms with Gasteiger partial charge < -0.3 is 0 Å². The fraction of sp³-hybridized carbons (Fsp3) is 0.622. The third-order valence-corrected chi connectivity index (χ3v) is 13.4. The molecule has 244 valence electrons. The van der Waals surface area contributed by atoms with E-state index in [1.807, 2.05) is 49.4 Å². The van der Waals surface area contributed by atoms with Crippen molar-refractivity contribution in [3.63, 3.8) is 0 Å². The Kier molecular flexibility index (Phi) is 9.39. The normalized spacial score (nSPS) is 45.5. The van der Waals surface area contributed by atoms with E-state index in [0.29, 0.717) is 30.8 Å². The average molecular weight is 684 g/mol. The molecule has 1 aromatic carbocycles. The van der Waals surface area contributed by atoms with Gasteiger partial charge in [0.05, 0.1) is 0 Å². The summed E-state index contributed by atoms with van der Waals surface area (Å²) in [5.41, 5.74) is 0.0595. The fourth-order valence-electron chi connectivity index (χ4n) is 7.86. The van der Waals surface area contributed by atoms with Gasteiger partial charge in [-0.15, -0.1) is 0 Å². The molecular formula is C37H48O7Se. The first-order valence-corrected chi connectivity index (χ1v) is 18.3. The molecule has 1 spiro atoms. The third-order valence-electron chi connectivity index (χ3n) is 10.6. The monoisotopic (exact) mass is 684 g/mol. The number of allylic oxidation sites excluding steroid dienone is 4. The predicted octanol–water partition coefficient (Wildman–Crippen LogP) is 5.39. The van der Waals surface area contributed by atoms with E-state index in [9.17, 15) is 14.7 Å². The summed E-state index contributed by atoms with van der Waals surface area (Å²) in [6, 6.07) is 9.93. The molecule has 2 bridgehead atoms. The van der Waals surface area contributed by atoms with E-state index in [0.717, 1.165) is 23.7 Å². The summed E-state index contributed by atoms with van der Waals surface area (Å²) in [5, 5.41) is 12.5. The van der Waals surface area contributed by atoms with Crippen molar-refractivity contribution in [1.82, 2.24) is 0 Å². The van der Waals surface area contributed by atoms with Gasteiger partial charge in [-0.2, -0.15) is 0 Å². The van der Waals surface area contributed by atoms with Crippen molar-refractivity contribution in [3.8, 4) is 0 Å². The van der Waals surface area contributed by atoms with Crippen LogP contribution in [0, 0.1) is 17.8 Å². The number of carbonyl (C=O) groups excluding carboxylic acids is 2. The van der Waals surface area contributed by atoms with Gasteiger partial charge in [0.1, 0.15) is 0 Å². The summed E-state index contributed by atoms with van der Waals surface area (Å²) in [5.74, 6) is -1.69. The molecule has 6 rings (SSSR count). The number of benzene rings is 1. The summed E-state index contributed by atoms with van der Waals surface area (Å²) in [4.78, 5) is 28.6. The van der Waals surface area contributed by atoms with Crippen LogP contribution in [0.25, 0.3) is 0 Å². The molecular weight excluding hydrogens is 635 g/mol. The first-order chi connectivity index (χ1) is 21.4. The van der Waals surface area contributed by atoms with Crippen molar-refractivity contribution < 1.29 is 33.6 Å². The number of fused-ring (bicyclic) bond motifs is 2. The standard InChI is InChI=1S/C37H48O7Se/c1-23-10-9-11-27-22-41-33-32(38)35(5,45-30-12-7-6-8-13-30)21-31(37(27,33)40)34(39)42-29-19-28(15-14-24(2)18-23)44-36(20-29)17-16-25(3)26(4)43-36/h6-14,23,25-26,28-29,31,33,40H,15-22H2,1-5H3/b10-9+,24-14+,27-11+/t23-,25-,26+,28+,29-,31-,33+,35+,36-,37+/m0/s1. The summed E-state index contributed by atoms with van der Waals surface area (Å²) in [6.07, 6.45) is 11.0. The Bertz CT molecular complexity index is 1370. The number of ether oxygens (including phenoxy) is 4. The van der Waals surface area contributed by atoms with Gasteiger partial charge in [0, 0.05) is 0 Å². The van der Waals surface area contributed by atoms with Crippen LogP contribution in [0.1, 0.15) is 79.6 Å². The molecule has 5 aliphatic rings. The van der Waals surface area contributed by atoms with Crippen LogP contribution in [0.15, 0.2) is 65.8 Å². The van der Waals surface area contributed by atoms with E-state index in [4.69, 9.17) is 18.9 Å². The van der Waals surface area contributed by atoms with Crippen LogP contribution in [0.5, 0.6) is 0 Å². The number of rotatable bonds is 2. The minimum absolute atomic E-state index is 0.0340. The molecule has 0 unspecified atom stereocenters. The number of aliphatic hydroxyl groups is 1. The number of Topliss-reactive ketones (excluding diaryl/α,β-unsaturated/α-hetero) is 1. The third kappa shape index (κ3) is 6.57. The molecule has 3 saturated heterocycles. The molecule has 4 heterocycles.